The molecule has 5 nitrogen and oxygen atoms in total. The fourth-order valence-electron chi connectivity index (χ4n) is 4.25. The highest BCUT2D eigenvalue weighted by Crippen LogP contribution is 2.48. The monoisotopic (exact) mass is 406 g/mol. The van der Waals surface area contributed by atoms with E-state index in [2.05, 4.69) is 6.58 Å². The maximum atomic E-state index is 13.9. The lowest BCUT2D eigenvalue weighted by atomic mass is 9.79. The Morgan fingerprint density at radius 2 is 1.97 bits per heavy atom. The second-order valence-electron chi connectivity index (χ2n) is 8.10. The molecule has 2 fully saturated rings. The summed E-state index contributed by atoms with van der Waals surface area (Å²) < 4.78 is 33.2. The Morgan fingerprint density at radius 3 is 2.48 bits per heavy atom. The predicted octanol–water partition coefficient (Wildman–Crippen LogP) is 3.81. The minimum atomic E-state index is -2.89. The van der Waals surface area contributed by atoms with Gasteiger partial charge in [-0.15, -0.1) is 0 Å². The van der Waals surface area contributed by atoms with E-state index in [0.29, 0.717) is 13.1 Å². The van der Waals surface area contributed by atoms with Crippen molar-refractivity contribution in [2.45, 2.75) is 43.6 Å². The molecule has 2 aliphatic rings. The Hall–Kier alpha value is -2.28. The molecule has 0 amide bonds. The summed E-state index contributed by atoms with van der Waals surface area (Å²) in [5.74, 6) is -4.52. The van der Waals surface area contributed by atoms with Crippen molar-refractivity contribution >= 4 is 18.4 Å². The Bertz CT molecular complexity index is 745. The number of benzene rings is 1. The molecule has 1 heterocycles. The average Bonchev–Trinajstić information content (AvgIpc) is 3.11. The van der Waals surface area contributed by atoms with Crippen LogP contribution in [0.5, 0.6) is 0 Å². The number of carbonyl (C=O) groups is 1. The summed E-state index contributed by atoms with van der Waals surface area (Å²) >= 11 is 0. The summed E-state index contributed by atoms with van der Waals surface area (Å²) in [6.45, 7) is 5.25. The number of alkyl halides is 2. The first kappa shape index (κ1) is 21.4. The van der Waals surface area contributed by atoms with Crippen molar-refractivity contribution in [3.05, 3.63) is 42.0 Å². The third-order valence-electron chi connectivity index (χ3n) is 6.17. The van der Waals surface area contributed by atoms with Crippen LogP contribution in [-0.2, 0) is 15.1 Å². The maximum absolute atomic E-state index is 13.9. The van der Waals surface area contributed by atoms with E-state index in [9.17, 15) is 18.7 Å². The molecule has 2 atom stereocenters. The first-order valence-electron chi connectivity index (χ1n) is 10.0. The summed E-state index contributed by atoms with van der Waals surface area (Å²) in [7, 11) is 0. The first-order valence-corrected chi connectivity index (χ1v) is 10.0. The van der Waals surface area contributed by atoms with E-state index in [1.165, 1.54) is 6.34 Å². The van der Waals surface area contributed by atoms with Crippen LogP contribution in [0.4, 0.5) is 8.78 Å². The van der Waals surface area contributed by atoms with Crippen molar-refractivity contribution < 1.29 is 23.4 Å². The van der Waals surface area contributed by atoms with Crippen LogP contribution in [0.1, 0.15) is 43.2 Å². The number of nitrogens with zero attached hydrogens (tertiary/aromatic N) is 1. The number of aliphatic hydroxyl groups is 1. The van der Waals surface area contributed by atoms with Gasteiger partial charge in [0.2, 0.25) is 5.92 Å². The molecule has 2 unspecified atom stereocenters. The van der Waals surface area contributed by atoms with Gasteiger partial charge in [0, 0.05) is 31.8 Å². The molecule has 158 valence electrons. The molecule has 0 bridgehead atoms. The van der Waals surface area contributed by atoms with Crippen LogP contribution in [0.3, 0.4) is 0 Å². The first-order chi connectivity index (χ1) is 13.8. The molecule has 1 aliphatic carbocycles. The molecular formula is C22H28F2N2O3. The van der Waals surface area contributed by atoms with E-state index < -0.39 is 29.8 Å². The summed E-state index contributed by atoms with van der Waals surface area (Å²) in [5.41, 5.74) is -1.02. The van der Waals surface area contributed by atoms with Gasteiger partial charge in [0.25, 0.3) is 0 Å². The van der Waals surface area contributed by atoms with Crippen molar-refractivity contribution in [3.63, 3.8) is 0 Å². The highest BCUT2D eigenvalue weighted by Gasteiger charge is 2.54. The number of carbonyl (C=O) groups excluding carboxylic acids is 1. The molecule has 1 saturated heterocycles. The number of likely N-dealkylation sites (tertiary alicyclic amines) is 1. The number of hydrogen-bond donors (Lipinski definition) is 2. The van der Waals surface area contributed by atoms with Crippen LogP contribution < -0.4 is 0 Å². The van der Waals surface area contributed by atoms with E-state index in [0.717, 1.165) is 18.4 Å². The van der Waals surface area contributed by atoms with Gasteiger partial charge >= 0.3 is 5.97 Å². The molecule has 7 heteroatoms. The van der Waals surface area contributed by atoms with E-state index in [-0.39, 0.29) is 30.9 Å². The van der Waals surface area contributed by atoms with Crippen molar-refractivity contribution in [1.82, 2.24) is 4.90 Å². The van der Waals surface area contributed by atoms with Gasteiger partial charge in [-0.25, -0.2) is 13.6 Å². The van der Waals surface area contributed by atoms with Gasteiger partial charge in [-0.05, 0) is 36.3 Å². The Morgan fingerprint density at radius 1 is 1.31 bits per heavy atom. The van der Waals surface area contributed by atoms with Crippen molar-refractivity contribution in [2.75, 3.05) is 19.7 Å². The number of hydrogen-bond acceptors (Lipinski definition) is 4. The maximum Gasteiger partial charge on any atom is 0.343 e. The van der Waals surface area contributed by atoms with Gasteiger partial charge in [-0.3, -0.25) is 5.41 Å². The predicted molar refractivity (Wildman–Crippen MR) is 107 cm³/mol. The third-order valence-corrected chi connectivity index (χ3v) is 6.17. The number of nitrogens with one attached hydrogen (secondary N) is 1. The lowest BCUT2D eigenvalue weighted by Crippen LogP contribution is -2.45. The lowest BCUT2D eigenvalue weighted by Gasteiger charge is -2.34. The molecule has 1 aromatic carbocycles. The molecule has 1 saturated carbocycles. The SMILES string of the molecule is C=Cc1ccc(C(O)(C(=O)OCC2CCN(C=N)CC2)C2CCC(F)(F)C2)cc1. The zero-order chi connectivity index (χ0) is 21.1. The Labute approximate surface area is 169 Å². The van der Waals surface area contributed by atoms with Gasteiger partial charge in [0.15, 0.2) is 5.60 Å². The highest BCUT2D eigenvalue weighted by molar-refractivity contribution is 5.82. The highest BCUT2D eigenvalue weighted by atomic mass is 19.3. The number of esters is 1. The van der Waals surface area contributed by atoms with Gasteiger partial charge in [-0.1, -0.05) is 36.9 Å². The molecule has 1 aromatic rings. The van der Waals surface area contributed by atoms with Crippen LogP contribution in [0, 0.1) is 17.2 Å². The van der Waals surface area contributed by atoms with Crippen molar-refractivity contribution in [1.29, 1.82) is 5.41 Å². The van der Waals surface area contributed by atoms with Crippen LogP contribution in [0.2, 0.25) is 0 Å². The molecule has 2 N–H and O–H groups in total. The molecule has 3 rings (SSSR count). The number of ether oxygens (including phenoxy) is 1. The second-order valence-corrected chi connectivity index (χ2v) is 8.10. The molecule has 1 aliphatic heterocycles. The largest absolute Gasteiger partial charge is 0.463 e. The smallest absolute Gasteiger partial charge is 0.343 e. The fraction of sp³-hybridized carbons (Fsp3) is 0.545. The number of piperidine rings is 1. The van der Waals surface area contributed by atoms with Crippen molar-refractivity contribution in [2.24, 2.45) is 11.8 Å². The average molecular weight is 406 g/mol. The standard InChI is InChI=1S/C22H28F2N2O3/c1-2-16-3-5-18(6-4-16)22(28,19-7-10-21(23,24)13-19)20(27)29-14-17-8-11-26(15-25)12-9-17/h2-6,15,17,19,25,28H,1,7-14H2. The summed E-state index contributed by atoms with van der Waals surface area (Å²) in [4.78, 5) is 14.9. The van der Waals surface area contributed by atoms with Gasteiger partial charge in [0.1, 0.15) is 0 Å². The summed E-state index contributed by atoms with van der Waals surface area (Å²) in [6.07, 6.45) is 3.64. The topological polar surface area (TPSA) is 73.6 Å². The molecular weight excluding hydrogens is 378 g/mol. The third kappa shape index (κ3) is 4.66. The molecule has 0 spiro atoms. The second kappa shape index (κ2) is 8.61. The van der Waals surface area contributed by atoms with Crippen LogP contribution in [0.15, 0.2) is 30.8 Å². The summed E-state index contributed by atoms with van der Waals surface area (Å²) in [5, 5.41) is 18.7. The lowest BCUT2D eigenvalue weighted by molar-refractivity contribution is -0.176. The Kier molecular flexibility index (Phi) is 6.36. The minimum Gasteiger partial charge on any atom is -0.463 e. The normalized spacial score (nSPS) is 24.0. The van der Waals surface area contributed by atoms with Gasteiger partial charge in [-0.2, -0.15) is 0 Å². The summed E-state index contributed by atoms with van der Waals surface area (Å²) in [6, 6.07) is 6.55. The van der Waals surface area contributed by atoms with E-state index in [1.807, 2.05) is 4.90 Å². The van der Waals surface area contributed by atoms with Crippen LogP contribution >= 0.6 is 0 Å². The van der Waals surface area contributed by atoms with E-state index in [1.54, 1.807) is 30.3 Å². The van der Waals surface area contributed by atoms with Crippen LogP contribution in [0.25, 0.3) is 6.08 Å². The quantitative estimate of drug-likeness (QED) is 0.410. The van der Waals surface area contributed by atoms with E-state index in [4.69, 9.17) is 10.1 Å². The Balaban J connectivity index is 1.76. The van der Waals surface area contributed by atoms with Gasteiger partial charge < -0.3 is 14.7 Å². The number of halogens is 2. The number of rotatable bonds is 7. The minimum absolute atomic E-state index is 0.0551. The zero-order valence-corrected chi connectivity index (χ0v) is 16.4. The van der Waals surface area contributed by atoms with Gasteiger partial charge in [0.05, 0.1) is 12.9 Å². The molecule has 0 aromatic heterocycles. The molecule has 0 radical (unpaired) electrons. The zero-order valence-electron chi connectivity index (χ0n) is 16.4. The van der Waals surface area contributed by atoms with Crippen molar-refractivity contribution in [3.8, 4) is 0 Å². The van der Waals surface area contributed by atoms with Crippen LogP contribution in [-0.4, -0.2) is 47.9 Å². The van der Waals surface area contributed by atoms with E-state index >= 15 is 0 Å². The molecule has 29 heavy (non-hydrogen) atoms. The fourth-order valence-corrected chi connectivity index (χ4v) is 4.25.